The molecule has 0 saturated carbocycles. The second kappa shape index (κ2) is 15.3. The first-order valence-electron chi connectivity index (χ1n) is 16.1. The van der Waals surface area contributed by atoms with Gasteiger partial charge in [0.05, 0.1) is 43.4 Å². The summed E-state index contributed by atoms with van der Waals surface area (Å²) in [4.78, 5) is 23.2. The van der Waals surface area contributed by atoms with E-state index >= 15 is 0 Å². The fraction of sp³-hybridized carbons (Fsp3) is 0.364. The molecule has 4 N–H and O–H groups in total. The first kappa shape index (κ1) is 43.4. The van der Waals surface area contributed by atoms with Crippen LogP contribution < -0.4 is 9.64 Å². The predicted molar refractivity (Wildman–Crippen MR) is 196 cm³/mol. The van der Waals surface area contributed by atoms with Gasteiger partial charge in [-0.3, -0.25) is 18.5 Å². The Morgan fingerprint density at radius 3 is 2.05 bits per heavy atom. The molecule has 0 amide bonds. The van der Waals surface area contributed by atoms with Crippen molar-refractivity contribution in [3.8, 4) is 5.75 Å². The van der Waals surface area contributed by atoms with Gasteiger partial charge in [0.25, 0.3) is 36.8 Å². The van der Waals surface area contributed by atoms with Gasteiger partial charge in [-0.05, 0) is 44.5 Å². The van der Waals surface area contributed by atoms with Gasteiger partial charge in [0.2, 0.25) is 5.69 Å². The van der Waals surface area contributed by atoms with E-state index in [2.05, 4.69) is 0 Å². The van der Waals surface area contributed by atoms with Crippen LogP contribution in [0.25, 0.3) is 0 Å². The molecule has 0 bridgehead atoms. The minimum absolute atomic E-state index is 0.0540. The molecule has 0 unspecified atom stereocenters. The predicted octanol–water partition coefficient (Wildman–Crippen LogP) is 2.80. The lowest BCUT2D eigenvalue weighted by Gasteiger charge is -2.27. The largest absolute Gasteiger partial charge is 0.748 e. The molecule has 2 heterocycles. The van der Waals surface area contributed by atoms with Crippen molar-refractivity contribution in [3.63, 3.8) is 0 Å². The molecule has 2 aromatic carbocycles. The van der Waals surface area contributed by atoms with Crippen molar-refractivity contribution in [1.82, 2.24) is 0 Å². The molecule has 300 valence electrons. The molecule has 18 nitrogen and oxygen atoms in total. The second-order valence-corrected chi connectivity index (χ2v) is 19.5. The lowest BCUT2D eigenvalue weighted by atomic mass is 9.79. The van der Waals surface area contributed by atoms with Crippen molar-refractivity contribution < 1.29 is 75.9 Å². The van der Waals surface area contributed by atoms with Crippen molar-refractivity contribution in [3.05, 3.63) is 77.0 Å². The van der Waals surface area contributed by atoms with Gasteiger partial charge in [-0.1, -0.05) is 32.1 Å². The smallest absolute Gasteiger partial charge is 0.336 e. The van der Waals surface area contributed by atoms with Crippen molar-refractivity contribution in [2.75, 3.05) is 29.5 Å². The highest BCUT2D eigenvalue weighted by Crippen LogP contribution is 2.51. The van der Waals surface area contributed by atoms with Crippen LogP contribution in [0.3, 0.4) is 0 Å². The molecule has 4 rings (SSSR count). The van der Waals surface area contributed by atoms with E-state index in [-0.39, 0.29) is 60.7 Å². The number of nitrogens with zero attached hydrogens (tertiary/aromatic N) is 2. The normalized spacial score (nSPS) is 17.7. The van der Waals surface area contributed by atoms with Crippen LogP contribution in [0, 0.1) is 0 Å². The Bertz CT molecular complexity index is 2520. The zero-order valence-corrected chi connectivity index (χ0v) is 33.0. The summed E-state index contributed by atoms with van der Waals surface area (Å²) < 4.78 is 142. The molecule has 2 aliphatic heterocycles. The highest BCUT2D eigenvalue weighted by Gasteiger charge is 2.48. The number of benzene rings is 2. The Morgan fingerprint density at radius 1 is 0.855 bits per heavy atom. The van der Waals surface area contributed by atoms with E-state index in [1.54, 1.807) is 44.4 Å². The Balaban J connectivity index is 1.85. The third kappa shape index (κ3) is 9.57. The first-order chi connectivity index (χ1) is 25.1. The van der Waals surface area contributed by atoms with Crippen LogP contribution in [-0.2, 0) is 56.1 Å². The quantitative estimate of drug-likeness (QED) is 0.0817. The van der Waals surface area contributed by atoms with E-state index < -0.39 is 78.6 Å². The molecule has 0 radical (unpaired) electrons. The number of allylic oxidation sites excluding steroid dienone is 6. The standard InChI is InChI=1S/C33H38N2O16S4/c1-32(2)27(34(12-8-14-52(39,40)41)24-17-21(51-20-36)16-23(29(24)32)31(37)38)10-6-5-7-11-28-33(3,4)30-25(35(28)13-9-15-53(42,43)44)18-22(54(45,46)47)19-26(30)55(48,49)50/h5-7,10-11,16-20H,8-9,12-15H2,1-4H3,(H4-,37,38,39,40,41,42,43,44,45,46,47,48,49,50). The zero-order valence-electron chi connectivity index (χ0n) is 29.7. The lowest BCUT2D eigenvalue weighted by molar-refractivity contribution is -0.437. The third-order valence-corrected chi connectivity index (χ3v) is 12.4. The number of rotatable bonds is 16. The Morgan fingerprint density at radius 2 is 1.51 bits per heavy atom. The number of anilines is 1. The Kier molecular flexibility index (Phi) is 12.1. The zero-order chi connectivity index (χ0) is 41.5. The minimum Gasteiger partial charge on any atom is -0.748 e. The molecule has 22 heteroatoms. The van der Waals surface area contributed by atoms with E-state index in [0.717, 1.165) is 6.07 Å². The van der Waals surface area contributed by atoms with Crippen molar-refractivity contribution >= 4 is 70.0 Å². The monoisotopic (exact) mass is 846 g/mol. The van der Waals surface area contributed by atoms with E-state index in [1.807, 2.05) is 0 Å². The van der Waals surface area contributed by atoms with Crippen LogP contribution in [0.4, 0.5) is 11.4 Å². The van der Waals surface area contributed by atoms with Gasteiger partial charge in [-0.25, -0.2) is 13.2 Å². The number of carboxylic acid groups (broad SMARTS) is 1. The lowest BCUT2D eigenvalue weighted by Crippen LogP contribution is -2.29. The molecule has 2 aromatic rings. The second-order valence-electron chi connectivity index (χ2n) is 13.6. The molecule has 2 aliphatic rings. The Hall–Kier alpha value is -4.29. The first-order valence-corrected chi connectivity index (χ1v) is 22.2. The van der Waals surface area contributed by atoms with Crippen LogP contribution in [0.2, 0.25) is 0 Å². The summed E-state index contributed by atoms with van der Waals surface area (Å²) in [6.07, 6.45) is 7.28. The number of ether oxygens (including phenoxy) is 1. The fourth-order valence-electron chi connectivity index (χ4n) is 6.96. The maximum atomic E-state index is 12.5. The Labute approximate surface area is 318 Å². The summed E-state index contributed by atoms with van der Waals surface area (Å²) in [6.45, 7) is 6.40. The van der Waals surface area contributed by atoms with Gasteiger partial charge < -0.3 is 19.3 Å². The van der Waals surface area contributed by atoms with E-state index in [0.29, 0.717) is 23.0 Å². The van der Waals surface area contributed by atoms with Crippen molar-refractivity contribution in [1.29, 1.82) is 0 Å². The number of hydrogen-bond acceptors (Lipinski definition) is 13. The summed E-state index contributed by atoms with van der Waals surface area (Å²) >= 11 is 0. The number of aromatic carboxylic acids is 1. The molecule has 0 aromatic heterocycles. The third-order valence-electron chi connectivity index (χ3n) is 9.12. The van der Waals surface area contributed by atoms with E-state index in [1.165, 1.54) is 35.3 Å². The highest BCUT2D eigenvalue weighted by molar-refractivity contribution is 7.87. The van der Waals surface area contributed by atoms with Gasteiger partial charge in [-0.2, -0.15) is 29.8 Å². The van der Waals surface area contributed by atoms with Crippen LogP contribution in [0.15, 0.2) is 70.1 Å². The van der Waals surface area contributed by atoms with Gasteiger partial charge in [0.15, 0.2) is 5.71 Å². The molecule has 0 spiro atoms. The number of carbonyl (C=O) groups is 2. The van der Waals surface area contributed by atoms with Gasteiger partial charge >= 0.3 is 5.97 Å². The van der Waals surface area contributed by atoms with Gasteiger partial charge in [-0.15, -0.1) is 0 Å². The van der Waals surface area contributed by atoms with E-state index in [4.69, 9.17) is 4.74 Å². The average molecular weight is 847 g/mol. The van der Waals surface area contributed by atoms with Gasteiger partial charge in [0.1, 0.15) is 17.2 Å². The van der Waals surface area contributed by atoms with E-state index in [9.17, 15) is 66.6 Å². The molecule has 0 saturated heterocycles. The topological polar surface area (TPSA) is 290 Å². The maximum absolute atomic E-state index is 12.5. The molecular weight excluding hydrogens is 809 g/mol. The van der Waals surface area contributed by atoms with Crippen molar-refractivity contribution in [2.24, 2.45) is 0 Å². The summed E-state index contributed by atoms with van der Waals surface area (Å²) in [5.41, 5.74) is -1.32. The fourth-order valence-corrected chi connectivity index (χ4v) is 9.44. The molecular formula is C33H38N2O16S4. The highest BCUT2D eigenvalue weighted by atomic mass is 32.2. The maximum Gasteiger partial charge on any atom is 0.336 e. The van der Waals surface area contributed by atoms with Crippen LogP contribution in [0.1, 0.15) is 62.0 Å². The SMILES string of the molecule is CC1(C)C(/C=C/C=C/C=C2/N(CCCS(=O)(=O)O)c3cc(S(=O)(=O)O)cc(S(=O)(=O)O)c3C2(C)C)=[N+](CCCS(=O)(=O)[O-])c2cc(OC=O)cc(C(=O)O)c21. The van der Waals surface area contributed by atoms with Gasteiger partial charge in [0, 0.05) is 47.2 Å². The molecule has 0 aliphatic carbocycles. The summed E-state index contributed by atoms with van der Waals surface area (Å²) in [6, 6.07) is 4.16. The number of hydrogen-bond donors (Lipinski definition) is 4. The molecule has 55 heavy (non-hydrogen) atoms. The van der Waals surface area contributed by atoms with Crippen molar-refractivity contribution in [2.45, 2.75) is 61.2 Å². The summed E-state index contributed by atoms with van der Waals surface area (Å²) in [5.74, 6) is -2.86. The number of carbonyl (C=O) groups excluding carboxylic acids is 1. The van der Waals surface area contributed by atoms with Crippen LogP contribution >= 0.6 is 0 Å². The molecule has 0 fully saturated rings. The average Bonchev–Trinajstić information content (AvgIpc) is 3.36. The van der Waals surface area contributed by atoms with Crippen LogP contribution in [0.5, 0.6) is 5.75 Å². The molecule has 0 atom stereocenters. The number of carboxylic acids is 1. The summed E-state index contributed by atoms with van der Waals surface area (Å²) in [7, 11) is -19.1. The minimum atomic E-state index is -5.09. The van der Waals surface area contributed by atoms with Crippen LogP contribution in [-0.4, -0.2) is 104 Å². The number of fused-ring (bicyclic) bond motifs is 2. The summed E-state index contributed by atoms with van der Waals surface area (Å²) in [5, 5.41) is 10.1.